The molecule has 9 heteroatoms. The van der Waals surface area contributed by atoms with E-state index in [0.29, 0.717) is 17.0 Å². The van der Waals surface area contributed by atoms with Gasteiger partial charge in [-0.2, -0.15) is 0 Å². The fraction of sp³-hybridized carbons (Fsp3) is 0.381. The first kappa shape index (κ1) is 23.9. The molecule has 3 aromatic rings. The molecule has 162 valence electrons. The summed E-state index contributed by atoms with van der Waals surface area (Å²) in [5.41, 5.74) is 4.35. The maximum absolute atomic E-state index is 12.9. The lowest BCUT2D eigenvalue weighted by molar-refractivity contribution is 0.102. The molecule has 3 heterocycles. The molecule has 0 aliphatic carbocycles. The van der Waals surface area contributed by atoms with Crippen LogP contribution in [0.15, 0.2) is 27.7 Å². The van der Waals surface area contributed by atoms with E-state index in [2.05, 4.69) is 20.6 Å². The lowest BCUT2D eigenvalue weighted by Crippen LogP contribution is -2.30. The minimum atomic E-state index is -0.588. The zero-order valence-corrected chi connectivity index (χ0v) is 18.8. The molecule has 1 amide bonds. The highest BCUT2D eigenvalue weighted by molar-refractivity contribution is 6.06. The second-order valence-corrected chi connectivity index (χ2v) is 7.46. The second-order valence-electron chi connectivity index (χ2n) is 7.46. The number of carbonyl (C=O) groups excluding carboxylic acids is 1. The quantitative estimate of drug-likeness (QED) is 0.557. The van der Waals surface area contributed by atoms with E-state index in [1.165, 1.54) is 0 Å². The molecule has 0 bridgehead atoms. The van der Waals surface area contributed by atoms with Crippen LogP contribution in [0.25, 0.3) is 11.0 Å². The van der Waals surface area contributed by atoms with Gasteiger partial charge in [0.05, 0.1) is 17.4 Å². The van der Waals surface area contributed by atoms with Crippen molar-refractivity contribution < 1.29 is 9.21 Å². The molecule has 3 N–H and O–H groups in total. The van der Waals surface area contributed by atoms with Crippen LogP contribution < -0.4 is 16.3 Å². The van der Waals surface area contributed by atoms with Crippen LogP contribution in [-0.2, 0) is 0 Å². The van der Waals surface area contributed by atoms with Gasteiger partial charge >= 0.3 is 5.63 Å². The third-order valence-electron chi connectivity index (χ3n) is 5.62. The summed E-state index contributed by atoms with van der Waals surface area (Å²) in [7, 11) is 0. The minimum absolute atomic E-state index is 0. The first-order valence-corrected chi connectivity index (χ1v) is 9.55. The Hall–Kier alpha value is -2.35. The minimum Gasteiger partial charge on any atom is -0.427 e. The Bertz CT molecular complexity index is 1120. The molecule has 1 aliphatic heterocycles. The van der Waals surface area contributed by atoms with Gasteiger partial charge in [0.2, 0.25) is 0 Å². The van der Waals surface area contributed by atoms with Crippen LogP contribution >= 0.6 is 24.8 Å². The summed E-state index contributed by atoms with van der Waals surface area (Å²) >= 11 is 0. The molecule has 30 heavy (non-hydrogen) atoms. The van der Waals surface area contributed by atoms with Crippen molar-refractivity contribution in [3.63, 3.8) is 0 Å². The average molecular weight is 453 g/mol. The SMILES string of the molecule is Cc1cc(C2CCCNC2)oc(=O)c1C(=O)Nc1cc2[nH]cnc2c(C)c1C.Cl.Cl. The zero-order chi connectivity index (χ0) is 19.8. The number of carbonyl (C=O) groups is 1. The van der Waals surface area contributed by atoms with Crippen molar-refractivity contribution in [2.75, 3.05) is 18.4 Å². The fourth-order valence-corrected chi connectivity index (χ4v) is 3.86. The monoisotopic (exact) mass is 452 g/mol. The molecule has 4 rings (SSSR count). The second kappa shape index (κ2) is 9.64. The molecule has 7 nitrogen and oxygen atoms in total. The summed E-state index contributed by atoms with van der Waals surface area (Å²) in [4.78, 5) is 32.8. The van der Waals surface area contributed by atoms with Crippen LogP contribution in [0.1, 0.15) is 51.6 Å². The van der Waals surface area contributed by atoms with Gasteiger partial charge < -0.3 is 20.0 Å². The van der Waals surface area contributed by atoms with Crippen LogP contribution in [0.4, 0.5) is 5.69 Å². The van der Waals surface area contributed by atoms with Crippen LogP contribution in [0.3, 0.4) is 0 Å². The fourth-order valence-electron chi connectivity index (χ4n) is 3.86. The van der Waals surface area contributed by atoms with E-state index in [1.54, 1.807) is 13.3 Å². The summed E-state index contributed by atoms with van der Waals surface area (Å²) in [6.07, 6.45) is 3.65. The molecule has 1 aromatic carbocycles. The highest BCUT2D eigenvalue weighted by Gasteiger charge is 2.23. The van der Waals surface area contributed by atoms with E-state index in [0.717, 1.165) is 48.1 Å². The van der Waals surface area contributed by atoms with Gasteiger partial charge in [-0.25, -0.2) is 9.78 Å². The number of hydrogen-bond donors (Lipinski definition) is 3. The third kappa shape index (κ3) is 4.38. The van der Waals surface area contributed by atoms with Gasteiger partial charge in [0.1, 0.15) is 11.3 Å². The number of aromatic amines is 1. The Balaban J connectivity index is 0.00000160. The maximum atomic E-state index is 12.9. The van der Waals surface area contributed by atoms with Gasteiger partial charge in [-0.15, -0.1) is 24.8 Å². The summed E-state index contributed by atoms with van der Waals surface area (Å²) in [5, 5.41) is 6.19. The Morgan fingerprint density at radius 3 is 2.63 bits per heavy atom. The Morgan fingerprint density at radius 1 is 1.20 bits per heavy atom. The van der Waals surface area contributed by atoms with Crippen molar-refractivity contribution in [1.29, 1.82) is 0 Å². The predicted octanol–water partition coefficient (Wildman–Crippen LogP) is 4.00. The number of rotatable bonds is 3. The van der Waals surface area contributed by atoms with Crippen molar-refractivity contribution in [3.05, 3.63) is 56.9 Å². The van der Waals surface area contributed by atoms with Crippen molar-refractivity contribution in [2.24, 2.45) is 0 Å². The van der Waals surface area contributed by atoms with E-state index < -0.39 is 11.5 Å². The Morgan fingerprint density at radius 2 is 1.97 bits per heavy atom. The zero-order valence-electron chi connectivity index (χ0n) is 17.1. The number of aryl methyl sites for hydroxylation is 2. The van der Waals surface area contributed by atoms with Crippen LogP contribution in [0, 0.1) is 20.8 Å². The first-order chi connectivity index (χ1) is 13.5. The lowest BCUT2D eigenvalue weighted by Gasteiger charge is -2.22. The number of imidazole rings is 1. The maximum Gasteiger partial charge on any atom is 0.349 e. The van der Waals surface area contributed by atoms with Gasteiger partial charge in [0, 0.05) is 18.2 Å². The Labute approximate surface area is 186 Å². The molecule has 1 atom stereocenters. The molecular formula is C21H26Cl2N4O3. The van der Waals surface area contributed by atoms with Crippen molar-refractivity contribution >= 4 is 47.4 Å². The van der Waals surface area contributed by atoms with E-state index in [4.69, 9.17) is 4.42 Å². The number of nitrogens with one attached hydrogen (secondary N) is 3. The molecule has 1 aliphatic rings. The standard InChI is InChI=1S/C21H24N4O3.2ClH/c1-11-7-17(14-5-4-6-22-9-14)28-21(27)18(11)20(26)25-15-8-16-19(24-10-23-16)13(3)12(15)2;;/h7-8,10,14,22H,4-6,9H2,1-3H3,(H,23,24)(H,25,26);2*1H. The number of aromatic nitrogens is 2. The Kier molecular flexibility index (Phi) is 7.69. The van der Waals surface area contributed by atoms with Crippen molar-refractivity contribution in [3.8, 4) is 0 Å². The largest absolute Gasteiger partial charge is 0.427 e. The van der Waals surface area contributed by atoms with Crippen LogP contribution in [0.2, 0.25) is 0 Å². The normalized spacial score (nSPS) is 15.9. The van der Waals surface area contributed by atoms with Crippen molar-refractivity contribution in [2.45, 2.75) is 39.5 Å². The molecule has 2 aromatic heterocycles. The molecule has 0 radical (unpaired) electrons. The number of anilines is 1. The number of nitrogens with zero attached hydrogens (tertiary/aromatic N) is 1. The number of H-pyrrole nitrogens is 1. The number of piperidine rings is 1. The molecule has 0 spiro atoms. The summed E-state index contributed by atoms with van der Waals surface area (Å²) in [5.74, 6) is 0.364. The highest BCUT2D eigenvalue weighted by atomic mass is 35.5. The van der Waals surface area contributed by atoms with E-state index in [-0.39, 0.29) is 36.3 Å². The number of halogens is 2. The van der Waals surface area contributed by atoms with Gasteiger partial charge in [0.25, 0.3) is 5.91 Å². The number of hydrogen-bond acceptors (Lipinski definition) is 5. The van der Waals surface area contributed by atoms with E-state index >= 15 is 0 Å². The average Bonchev–Trinajstić information content (AvgIpc) is 3.14. The summed E-state index contributed by atoms with van der Waals surface area (Å²) < 4.78 is 5.53. The molecule has 1 saturated heterocycles. The van der Waals surface area contributed by atoms with E-state index in [9.17, 15) is 9.59 Å². The van der Waals surface area contributed by atoms with Crippen LogP contribution in [0.5, 0.6) is 0 Å². The first-order valence-electron chi connectivity index (χ1n) is 9.55. The highest BCUT2D eigenvalue weighted by Crippen LogP contribution is 2.27. The summed E-state index contributed by atoms with van der Waals surface area (Å²) in [6, 6.07) is 3.66. The molecular weight excluding hydrogens is 427 g/mol. The van der Waals surface area contributed by atoms with Gasteiger partial charge in [-0.05, 0) is 69.0 Å². The smallest absolute Gasteiger partial charge is 0.349 e. The predicted molar refractivity (Wildman–Crippen MR) is 123 cm³/mol. The molecule has 1 unspecified atom stereocenters. The van der Waals surface area contributed by atoms with E-state index in [1.807, 2.05) is 26.0 Å². The summed E-state index contributed by atoms with van der Waals surface area (Å²) in [6.45, 7) is 7.44. The van der Waals surface area contributed by atoms with Gasteiger partial charge in [-0.1, -0.05) is 0 Å². The topological polar surface area (TPSA) is 100 Å². The third-order valence-corrected chi connectivity index (χ3v) is 5.62. The van der Waals surface area contributed by atoms with Crippen molar-refractivity contribution in [1.82, 2.24) is 15.3 Å². The molecule has 1 fully saturated rings. The van der Waals surface area contributed by atoms with Crippen LogP contribution in [-0.4, -0.2) is 29.0 Å². The number of benzene rings is 1. The number of fused-ring (bicyclic) bond motifs is 1. The van der Waals surface area contributed by atoms with Gasteiger partial charge in [-0.3, -0.25) is 4.79 Å². The lowest BCUT2D eigenvalue weighted by atomic mass is 9.95. The number of amides is 1. The molecule has 0 saturated carbocycles. The van der Waals surface area contributed by atoms with Gasteiger partial charge in [0.15, 0.2) is 0 Å².